The fourth-order valence-electron chi connectivity index (χ4n) is 1.60. The van der Waals surface area contributed by atoms with Crippen LogP contribution in [0.1, 0.15) is 20.3 Å². The third kappa shape index (κ3) is 1.41. The lowest BCUT2D eigenvalue weighted by molar-refractivity contribution is -0.292. The second kappa shape index (κ2) is 2.44. The van der Waals surface area contributed by atoms with Crippen LogP contribution in [0.3, 0.4) is 0 Å². The molecule has 0 amide bonds. The summed E-state index contributed by atoms with van der Waals surface area (Å²) in [6, 6.07) is 0. The van der Waals surface area contributed by atoms with Gasteiger partial charge in [0.05, 0.1) is 12.7 Å². The zero-order valence-electron chi connectivity index (χ0n) is 7.00. The fraction of sp³-hybridized carbons (Fsp3) is 1.00. The molecular formula is C8H14O3. The van der Waals surface area contributed by atoms with Crippen molar-refractivity contribution >= 4 is 0 Å². The van der Waals surface area contributed by atoms with E-state index in [2.05, 4.69) is 0 Å². The zero-order chi connectivity index (χ0) is 7.90. The van der Waals surface area contributed by atoms with Gasteiger partial charge in [0.25, 0.3) is 0 Å². The second-order valence-electron chi connectivity index (χ2n) is 3.57. The van der Waals surface area contributed by atoms with Crippen molar-refractivity contribution in [3.63, 3.8) is 0 Å². The molecule has 0 aromatic heterocycles. The van der Waals surface area contributed by atoms with Crippen molar-refractivity contribution in [1.82, 2.24) is 0 Å². The third-order valence-corrected chi connectivity index (χ3v) is 2.18. The van der Waals surface area contributed by atoms with Crippen LogP contribution in [0.25, 0.3) is 0 Å². The highest BCUT2D eigenvalue weighted by molar-refractivity contribution is 4.82. The Labute approximate surface area is 66.6 Å². The SMILES string of the molecule is CC1(C)OC[C@H]2OCC[C@H]2O1. The first-order chi connectivity index (χ1) is 5.17. The van der Waals surface area contributed by atoms with Crippen LogP contribution in [-0.2, 0) is 14.2 Å². The highest BCUT2D eigenvalue weighted by Gasteiger charge is 2.39. The van der Waals surface area contributed by atoms with Crippen molar-refractivity contribution in [1.29, 1.82) is 0 Å². The number of ether oxygens (including phenoxy) is 3. The lowest BCUT2D eigenvalue weighted by atomic mass is 10.1. The Morgan fingerprint density at radius 3 is 2.91 bits per heavy atom. The van der Waals surface area contributed by atoms with Crippen LogP contribution in [0.2, 0.25) is 0 Å². The molecular weight excluding hydrogens is 144 g/mol. The Balaban J connectivity index is 2.02. The van der Waals surface area contributed by atoms with Gasteiger partial charge in [0.15, 0.2) is 5.79 Å². The summed E-state index contributed by atoms with van der Waals surface area (Å²) in [6.07, 6.45) is 1.46. The molecule has 2 rings (SSSR count). The summed E-state index contributed by atoms with van der Waals surface area (Å²) in [5.74, 6) is -0.408. The molecule has 64 valence electrons. The van der Waals surface area contributed by atoms with E-state index in [-0.39, 0.29) is 12.2 Å². The van der Waals surface area contributed by atoms with Gasteiger partial charge in [0.2, 0.25) is 0 Å². The van der Waals surface area contributed by atoms with Gasteiger partial charge in [0, 0.05) is 6.61 Å². The van der Waals surface area contributed by atoms with Gasteiger partial charge in [-0.25, -0.2) is 0 Å². The lowest BCUT2D eigenvalue weighted by Gasteiger charge is -2.37. The highest BCUT2D eigenvalue weighted by Crippen LogP contribution is 2.29. The van der Waals surface area contributed by atoms with Crippen LogP contribution in [0.15, 0.2) is 0 Å². The van der Waals surface area contributed by atoms with Crippen molar-refractivity contribution in [3.8, 4) is 0 Å². The fourth-order valence-corrected chi connectivity index (χ4v) is 1.60. The molecule has 2 fully saturated rings. The first-order valence-electron chi connectivity index (χ1n) is 4.11. The molecule has 3 nitrogen and oxygen atoms in total. The molecule has 3 heteroatoms. The summed E-state index contributed by atoms with van der Waals surface area (Å²) in [5, 5.41) is 0. The quantitative estimate of drug-likeness (QED) is 0.525. The Bertz CT molecular complexity index is 155. The Kier molecular flexibility index (Phi) is 1.67. The monoisotopic (exact) mass is 158 g/mol. The van der Waals surface area contributed by atoms with Crippen LogP contribution in [0.4, 0.5) is 0 Å². The van der Waals surface area contributed by atoms with E-state index in [1.165, 1.54) is 0 Å². The van der Waals surface area contributed by atoms with E-state index in [1.807, 2.05) is 13.8 Å². The van der Waals surface area contributed by atoms with Crippen molar-refractivity contribution < 1.29 is 14.2 Å². The molecule has 0 radical (unpaired) electrons. The molecule has 0 aliphatic carbocycles. The molecule has 2 atom stereocenters. The van der Waals surface area contributed by atoms with Crippen LogP contribution in [0, 0.1) is 0 Å². The minimum absolute atomic E-state index is 0.183. The average molecular weight is 158 g/mol. The predicted octanol–water partition coefficient (Wildman–Crippen LogP) is 0.927. The minimum Gasteiger partial charge on any atom is -0.373 e. The van der Waals surface area contributed by atoms with Gasteiger partial charge in [-0.1, -0.05) is 0 Å². The molecule has 2 heterocycles. The normalized spacial score (nSPS) is 42.0. The first kappa shape index (κ1) is 7.53. The predicted molar refractivity (Wildman–Crippen MR) is 39.3 cm³/mol. The van der Waals surface area contributed by atoms with E-state index in [9.17, 15) is 0 Å². The molecule has 2 aliphatic rings. The molecule has 0 aromatic carbocycles. The Hall–Kier alpha value is -0.120. The molecule has 0 spiro atoms. The van der Waals surface area contributed by atoms with Crippen molar-refractivity contribution in [3.05, 3.63) is 0 Å². The molecule has 0 saturated carbocycles. The van der Waals surface area contributed by atoms with Crippen molar-refractivity contribution in [2.24, 2.45) is 0 Å². The van der Waals surface area contributed by atoms with E-state index in [0.29, 0.717) is 6.61 Å². The summed E-state index contributed by atoms with van der Waals surface area (Å²) >= 11 is 0. The van der Waals surface area contributed by atoms with E-state index >= 15 is 0 Å². The number of rotatable bonds is 0. The first-order valence-corrected chi connectivity index (χ1v) is 4.11. The molecule has 0 aromatic rings. The number of fused-ring (bicyclic) bond motifs is 1. The van der Waals surface area contributed by atoms with E-state index < -0.39 is 5.79 Å². The van der Waals surface area contributed by atoms with Gasteiger partial charge in [0.1, 0.15) is 6.10 Å². The molecule has 2 saturated heterocycles. The van der Waals surface area contributed by atoms with Gasteiger partial charge in [-0.2, -0.15) is 0 Å². The summed E-state index contributed by atoms with van der Waals surface area (Å²) < 4.78 is 16.5. The molecule has 0 N–H and O–H groups in total. The van der Waals surface area contributed by atoms with Crippen LogP contribution >= 0.6 is 0 Å². The van der Waals surface area contributed by atoms with Gasteiger partial charge in [-0.05, 0) is 20.3 Å². The molecule has 0 unspecified atom stereocenters. The average Bonchev–Trinajstić information content (AvgIpc) is 2.31. The minimum atomic E-state index is -0.408. The number of hydrogen-bond donors (Lipinski definition) is 0. The largest absolute Gasteiger partial charge is 0.373 e. The van der Waals surface area contributed by atoms with E-state index in [0.717, 1.165) is 13.0 Å². The van der Waals surface area contributed by atoms with Crippen LogP contribution in [0.5, 0.6) is 0 Å². The van der Waals surface area contributed by atoms with Crippen molar-refractivity contribution in [2.45, 2.75) is 38.3 Å². The molecule has 11 heavy (non-hydrogen) atoms. The summed E-state index contributed by atoms with van der Waals surface area (Å²) in [6.45, 7) is 5.38. The smallest absolute Gasteiger partial charge is 0.163 e. The van der Waals surface area contributed by atoms with E-state index in [4.69, 9.17) is 14.2 Å². The standard InChI is InChI=1S/C8H14O3/c1-8(2)10-5-7-6(11-8)3-4-9-7/h6-7H,3-5H2,1-2H3/t6-,7-/m1/s1. The second-order valence-corrected chi connectivity index (χ2v) is 3.57. The van der Waals surface area contributed by atoms with Gasteiger partial charge < -0.3 is 14.2 Å². The highest BCUT2D eigenvalue weighted by atomic mass is 16.7. The van der Waals surface area contributed by atoms with Crippen LogP contribution < -0.4 is 0 Å². The van der Waals surface area contributed by atoms with Gasteiger partial charge >= 0.3 is 0 Å². The summed E-state index contributed by atoms with van der Waals surface area (Å²) in [5.41, 5.74) is 0. The number of hydrogen-bond acceptors (Lipinski definition) is 3. The van der Waals surface area contributed by atoms with Crippen LogP contribution in [-0.4, -0.2) is 31.2 Å². The Morgan fingerprint density at radius 2 is 2.09 bits per heavy atom. The molecule has 2 aliphatic heterocycles. The maximum absolute atomic E-state index is 5.65. The van der Waals surface area contributed by atoms with Gasteiger partial charge in [-0.3, -0.25) is 0 Å². The Morgan fingerprint density at radius 1 is 1.27 bits per heavy atom. The lowest BCUT2D eigenvalue weighted by Crippen LogP contribution is -2.46. The summed E-state index contributed by atoms with van der Waals surface area (Å²) in [7, 11) is 0. The maximum atomic E-state index is 5.65. The van der Waals surface area contributed by atoms with Crippen molar-refractivity contribution in [2.75, 3.05) is 13.2 Å². The topological polar surface area (TPSA) is 27.7 Å². The third-order valence-electron chi connectivity index (χ3n) is 2.18. The molecule has 0 bridgehead atoms. The van der Waals surface area contributed by atoms with Gasteiger partial charge in [-0.15, -0.1) is 0 Å². The zero-order valence-corrected chi connectivity index (χ0v) is 7.00. The van der Waals surface area contributed by atoms with E-state index in [1.54, 1.807) is 0 Å². The summed E-state index contributed by atoms with van der Waals surface area (Å²) in [4.78, 5) is 0. The maximum Gasteiger partial charge on any atom is 0.163 e.